The van der Waals surface area contributed by atoms with E-state index < -0.39 is 61.3 Å². The van der Waals surface area contributed by atoms with Crippen molar-refractivity contribution >= 4 is 5.97 Å². The molecule has 0 aromatic carbocycles. The Kier molecular flexibility index (Phi) is 12.2. The van der Waals surface area contributed by atoms with Gasteiger partial charge in [0.15, 0.2) is 0 Å². The smallest absolute Gasteiger partial charge is 0.364 e. The van der Waals surface area contributed by atoms with Crippen LogP contribution < -0.4 is 5.32 Å². The van der Waals surface area contributed by atoms with Crippen LogP contribution in [0.25, 0.3) is 0 Å². The van der Waals surface area contributed by atoms with E-state index in [0.717, 1.165) is 0 Å². The van der Waals surface area contributed by atoms with E-state index in [-0.39, 0.29) is 13.3 Å². The molecule has 0 radical (unpaired) electrons. The third-order valence-corrected chi connectivity index (χ3v) is 4.47. The molecule has 1 heterocycles. The molecule has 0 bridgehead atoms. The van der Waals surface area contributed by atoms with Gasteiger partial charge in [0.2, 0.25) is 0 Å². The van der Waals surface area contributed by atoms with Crippen LogP contribution in [0.4, 0.5) is 0 Å². The summed E-state index contributed by atoms with van der Waals surface area (Å²) >= 11 is 0. The molecule has 30 heavy (non-hydrogen) atoms. The normalized spacial score (nSPS) is 29.1. The lowest BCUT2D eigenvalue weighted by molar-refractivity contribution is -0.320. The maximum Gasteiger partial charge on any atom is 0.364 e. The Hall–Kier alpha value is -0.930. The van der Waals surface area contributed by atoms with Crippen LogP contribution in [0.2, 0.25) is 0 Å². The fraction of sp³-hybridized carbons (Fsp3) is 0.944. The molecule has 1 fully saturated rings. The number of nitrogens with one attached hydrogen (secondary N) is 1. The summed E-state index contributed by atoms with van der Waals surface area (Å²) in [4.78, 5) is 11.9. The molecule has 0 amide bonds. The average molecular weight is 441 g/mol. The Bertz CT molecular complexity index is 495. The van der Waals surface area contributed by atoms with Gasteiger partial charge in [0, 0.05) is 13.5 Å². The lowest BCUT2D eigenvalue weighted by Crippen LogP contribution is -2.67. The first-order chi connectivity index (χ1) is 14.2. The van der Waals surface area contributed by atoms with Gasteiger partial charge in [0.1, 0.15) is 18.3 Å². The number of aliphatic hydroxyl groups excluding tert-OH is 4. The standard InChI is InChI=1S/C18H35NO11/c1-11(2)29-18(17(24)25)8-12(21)14(16(30-18)15(23)13(22)9-20)19-10-28-7-6-27-5-4-26-3/h11-16,19-23H,4-10H2,1-3H3,(H,24,25)/t12-,13-,14-,15-,16?,18-/m1/s1. The minimum Gasteiger partial charge on any atom is -0.477 e. The summed E-state index contributed by atoms with van der Waals surface area (Å²) in [5.41, 5.74) is 0. The fourth-order valence-corrected chi connectivity index (χ4v) is 3.06. The molecule has 0 spiro atoms. The Morgan fingerprint density at radius 2 is 1.83 bits per heavy atom. The number of hydrogen-bond acceptors (Lipinski definition) is 11. The van der Waals surface area contributed by atoms with Crippen LogP contribution in [0.15, 0.2) is 0 Å². The van der Waals surface area contributed by atoms with Gasteiger partial charge < -0.3 is 49.2 Å². The van der Waals surface area contributed by atoms with Crippen molar-refractivity contribution in [3.8, 4) is 0 Å². The minimum atomic E-state index is -2.22. The van der Waals surface area contributed by atoms with Gasteiger partial charge in [0.25, 0.3) is 5.79 Å². The minimum absolute atomic E-state index is 0.0672. The van der Waals surface area contributed by atoms with Crippen LogP contribution in [-0.2, 0) is 28.5 Å². The van der Waals surface area contributed by atoms with Crippen molar-refractivity contribution in [1.82, 2.24) is 5.32 Å². The molecule has 1 aliphatic heterocycles. The second kappa shape index (κ2) is 13.5. The zero-order chi connectivity index (χ0) is 22.7. The van der Waals surface area contributed by atoms with Crippen molar-refractivity contribution in [1.29, 1.82) is 0 Å². The number of hydrogen-bond donors (Lipinski definition) is 6. The maximum absolute atomic E-state index is 11.9. The fourth-order valence-electron chi connectivity index (χ4n) is 3.06. The zero-order valence-corrected chi connectivity index (χ0v) is 17.6. The molecule has 0 saturated carbocycles. The zero-order valence-electron chi connectivity index (χ0n) is 17.6. The van der Waals surface area contributed by atoms with Gasteiger partial charge in [-0.15, -0.1) is 0 Å². The summed E-state index contributed by atoms with van der Waals surface area (Å²) in [5, 5.41) is 52.5. The molecule has 0 aromatic rings. The molecule has 178 valence electrons. The number of aliphatic hydroxyl groups is 4. The van der Waals surface area contributed by atoms with E-state index in [4.69, 9.17) is 28.8 Å². The highest BCUT2D eigenvalue weighted by atomic mass is 16.7. The Morgan fingerprint density at radius 1 is 1.20 bits per heavy atom. The monoisotopic (exact) mass is 441 g/mol. The van der Waals surface area contributed by atoms with Crippen molar-refractivity contribution in [3.05, 3.63) is 0 Å². The predicted molar refractivity (Wildman–Crippen MR) is 102 cm³/mol. The van der Waals surface area contributed by atoms with Gasteiger partial charge in [-0.3, -0.25) is 5.32 Å². The quantitative estimate of drug-likeness (QED) is 0.118. The topological polar surface area (TPSA) is 176 Å². The highest BCUT2D eigenvalue weighted by molar-refractivity contribution is 5.76. The van der Waals surface area contributed by atoms with Crippen molar-refractivity contribution in [2.45, 2.75) is 62.6 Å². The second-order valence-corrected chi connectivity index (χ2v) is 7.21. The van der Waals surface area contributed by atoms with Gasteiger partial charge in [0.05, 0.1) is 58.0 Å². The van der Waals surface area contributed by atoms with E-state index in [9.17, 15) is 25.2 Å². The molecule has 0 aromatic heterocycles. The van der Waals surface area contributed by atoms with Gasteiger partial charge >= 0.3 is 5.97 Å². The summed E-state index contributed by atoms with van der Waals surface area (Å²) in [6, 6.07) is -1.00. The van der Waals surface area contributed by atoms with E-state index >= 15 is 0 Å². The molecule has 1 aliphatic rings. The first-order valence-corrected chi connectivity index (χ1v) is 9.80. The summed E-state index contributed by atoms with van der Waals surface area (Å²) in [5.74, 6) is -3.70. The third kappa shape index (κ3) is 7.96. The summed E-state index contributed by atoms with van der Waals surface area (Å²) in [6.07, 6.45) is -7.02. The Morgan fingerprint density at radius 3 is 2.40 bits per heavy atom. The highest BCUT2D eigenvalue weighted by Crippen LogP contribution is 2.34. The van der Waals surface area contributed by atoms with Gasteiger partial charge in [-0.2, -0.15) is 0 Å². The second-order valence-electron chi connectivity index (χ2n) is 7.21. The van der Waals surface area contributed by atoms with Crippen LogP contribution in [-0.4, -0.2) is 121 Å². The van der Waals surface area contributed by atoms with Crippen LogP contribution in [0.1, 0.15) is 20.3 Å². The molecule has 12 heteroatoms. The number of rotatable bonds is 15. The molecule has 6 atom stereocenters. The molecule has 1 unspecified atom stereocenters. The number of aliphatic carboxylic acids is 1. The lowest BCUT2D eigenvalue weighted by atomic mass is 9.88. The van der Waals surface area contributed by atoms with Crippen molar-refractivity contribution in [2.24, 2.45) is 0 Å². The molecule has 1 rings (SSSR count). The van der Waals surface area contributed by atoms with Crippen molar-refractivity contribution in [2.75, 3.05) is 46.9 Å². The number of methoxy groups -OCH3 is 1. The number of ether oxygens (including phenoxy) is 5. The number of carboxylic acids is 1. The largest absolute Gasteiger partial charge is 0.477 e. The van der Waals surface area contributed by atoms with Gasteiger partial charge in [-0.25, -0.2) is 4.79 Å². The van der Waals surface area contributed by atoms with E-state index in [1.807, 2.05) is 0 Å². The van der Waals surface area contributed by atoms with Crippen LogP contribution in [0.3, 0.4) is 0 Å². The predicted octanol–water partition coefficient (Wildman–Crippen LogP) is -2.35. The van der Waals surface area contributed by atoms with Gasteiger partial charge in [-0.05, 0) is 13.8 Å². The first kappa shape index (κ1) is 27.1. The number of carboxylic acid groups (broad SMARTS) is 1. The molecule has 0 aliphatic carbocycles. The first-order valence-electron chi connectivity index (χ1n) is 9.80. The van der Waals surface area contributed by atoms with Crippen molar-refractivity contribution < 1.29 is 54.0 Å². The number of carbonyl (C=O) groups is 1. The van der Waals surface area contributed by atoms with Crippen LogP contribution in [0, 0.1) is 0 Å². The Balaban J connectivity index is 2.80. The Labute approximate surface area is 175 Å². The summed E-state index contributed by atoms with van der Waals surface area (Å²) < 4.78 is 26.5. The maximum atomic E-state index is 11.9. The summed E-state index contributed by atoms with van der Waals surface area (Å²) in [6.45, 7) is 3.77. The lowest BCUT2D eigenvalue weighted by Gasteiger charge is -2.47. The molecule has 1 saturated heterocycles. The molecular weight excluding hydrogens is 406 g/mol. The van der Waals surface area contributed by atoms with E-state index in [1.54, 1.807) is 21.0 Å². The third-order valence-electron chi connectivity index (χ3n) is 4.47. The average Bonchev–Trinajstić information content (AvgIpc) is 2.69. The summed E-state index contributed by atoms with van der Waals surface area (Å²) in [7, 11) is 1.56. The molecule has 12 nitrogen and oxygen atoms in total. The molecular formula is C18H35NO11. The van der Waals surface area contributed by atoms with Crippen LogP contribution >= 0.6 is 0 Å². The highest BCUT2D eigenvalue weighted by Gasteiger charge is 2.55. The van der Waals surface area contributed by atoms with E-state index in [0.29, 0.717) is 19.8 Å². The van der Waals surface area contributed by atoms with Crippen molar-refractivity contribution in [3.63, 3.8) is 0 Å². The van der Waals surface area contributed by atoms with Crippen LogP contribution in [0.5, 0.6) is 0 Å². The van der Waals surface area contributed by atoms with E-state index in [1.165, 1.54) is 0 Å². The molecule has 6 N–H and O–H groups in total. The van der Waals surface area contributed by atoms with Gasteiger partial charge in [-0.1, -0.05) is 0 Å². The van der Waals surface area contributed by atoms with E-state index in [2.05, 4.69) is 5.32 Å². The SMILES string of the molecule is COCCOCCOCN[C@H]1C([C@H](O)[C@H](O)CO)O[C@@](OC(C)C)(C(=O)O)C[C@H]1O.